The first-order valence-electron chi connectivity index (χ1n) is 6.98. The van der Waals surface area contributed by atoms with Crippen LogP contribution in [0.25, 0.3) is 0 Å². The predicted octanol–water partition coefficient (Wildman–Crippen LogP) is 2.44. The van der Waals surface area contributed by atoms with E-state index in [0.717, 1.165) is 19.4 Å². The third-order valence-electron chi connectivity index (χ3n) is 3.67. The molecule has 104 valence electrons. The highest BCUT2D eigenvalue weighted by Crippen LogP contribution is 2.23. The van der Waals surface area contributed by atoms with Gasteiger partial charge >= 0.3 is 0 Å². The van der Waals surface area contributed by atoms with Crippen LogP contribution in [0, 0.1) is 0 Å². The Hall–Kier alpha value is -1.71. The average molecular weight is 262 g/mol. The zero-order valence-corrected chi connectivity index (χ0v) is 11.5. The van der Waals surface area contributed by atoms with Crippen LogP contribution >= 0.6 is 0 Å². The van der Waals surface area contributed by atoms with Crippen molar-refractivity contribution in [3.05, 3.63) is 24.3 Å². The smallest absolute Gasteiger partial charge is 0.260 e. The van der Waals surface area contributed by atoms with Crippen LogP contribution < -0.4 is 10.5 Å². The van der Waals surface area contributed by atoms with Crippen molar-refractivity contribution in [2.24, 2.45) is 0 Å². The summed E-state index contributed by atoms with van der Waals surface area (Å²) in [5.74, 6) is 0.760. The van der Waals surface area contributed by atoms with Crippen LogP contribution in [0.1, 0.15) is 32.6 Å². The van der Waals surface area contributed by atoms with Gasteiger partial charge in [-0.15, -0.1) is 0 Å². The van der Waals surface area contributed by atoms with E-state index in [2.05, 4.69) is 0 Å². The fourth-order valence-corrected chi connectivity index (χ4v) is 2.65. The van der Waals surface area contributed by atoms with Crippen molar-refractivity contribution in [2.45, 2.75) is 38.6 Å². The third-order valence-corrected chi connectivity index (χ3v) is 3.67. The van der Waals surface area contributed by atoms with Crippen LogP contribution in [0.15, 0.2) is 24.3 Å². The second-order valence-electron chi connectivity index (χ2n) is 4.98. The number of benzene rings is 1. The van der Waals surface area contributed by atoms with Gasteiger partial charge in [-0.05, 0) is 44.0 Å². The second kappa shape index (κ2) is 6.45. The number of amides is 1. The van der Waals surface area contributed by atoms with Gasteiger partial charge in [-0.25, -0.2) is 0 Å². The summed E-state index contributed by atoms with van der Waals surface area (Å²) < 4.78 is 5.52. The molecule has 0 aliphatic heterocycles. The highest BCUT2D eigenvalue weighted by molar-refractivity contribution is 5.78. The van der Waals surface area contributed by atoms with Crippen molar-refractivity contribution in [1.29, 1.82) is 0 Å². The molecule has 1 aromatic rings. The molecule has 4 nitrogen and oxygen atoms in total. The fraction of sp³-hybridized carbons (Fsp3) is 0.533. The molecule has 1 amide bonds. The number of carbonyl (C=O) groups excluding carboxylic acids is 1. The lowest BCUT2D eigenvalue weighted by Gasteiger charge is -2.27. The van der Waals surface area contributed by atoms with Crippen LogP contribution in [0.3, 0.4) is 0 Å². The summed E-state index contributed by atoms with van der Waals surface area (Å²) in [5.41, 5.74) is 6.30. The number of likely N-dealkylation sites (N-methyl/N-ethyl adjacent to an activating group) is 1. The first kappa shape index (κ1) is 13.7. The highest BCUT2D eigenvalue weighted by Gasteiger charge is 2.25. The zero-order chi connectivity index (χ0) is 13.7. The minimum atomic E-state index is 0.0752. The van der Waals surface area contributed by atoms with Crippen LogP contribution in [0.5, 0.6) is 5.75 Å². The lowest BCUT2D eigenvalue weighted by atomic mass is 10.2. The van der Waals surface area contributed by atoms with Gasteiger partial charge in [0.2, 0.25) is 0 Å². The number of nitrogen functional groups attached to an aromatic ring is 1. The summed E-state index contributed by atoms with van der Waals surface area (Å²) in [6.45, 7) is 2.89. The predicted molar refractivity (Wildman–Crippen MR) is 76.0 cm³/mol. The number of carbonyl (C=O) groups is 1. The van der Waals surface area contributed by atoms with Gasteiger partial charge in [-0.3, -0.25) is 4.79 Å². The first-order chi connectivity index (χ1) is 9.20. The van der Waals surface area contributed by atoms with E-state index in [1.54, 1.807) is 24.3 Å². The third kappa shape index (κ3) is 3.63. The van der Waals surface area contributed by atoms with E-state index < -0.39 is 0 Å². The zero-order valence-electron chi connectivity index (χ0n) is 11.5. The van der Waals surface area contributed by atoms with Gasteiger partial charge in [0, 0.05) is 18.3 Å². The molecule has 0 bridgehead atoms. The van der Waals surface area contributed by atoms with Crippen molar-refractivity contribution in [2.75, 3.05) is 18.9 Å². The van der Waals surface area contributed by atoms with E-state index in [9.17, 15) is 4.79 Å². The molecule has 0 radical (unpaired) electrons. The number of ether oxygens (including phenoxy) is 1. The summed E-state index contributed by atoms with van der Waals surface area (Å²) >= 11 is 0. The van der Waals surface area contributed by atoms with Crippen LogP contribution in [0.2, 0.25) is 0 Å². The number of nitrogens with two attached hydrogens (primary N) is 1. The van der Waals surface area contributed by atoms with Gasteiger partial charge in [0.25, 0.3) is 5.91 Å². The molecule has 4 heteroatoms. The summed E-state index contributed by atoms with van der Waals surface area (Å²) in [4.78, 5) is 14.1. The van der Waals surface area contributed by atoms with Crippen LogP contribution in [-0.2, 0) is 4.79 Å². The van der Waals surface area contributed by atoms with Crippen molar-refractivity contribution in [1.82, 2.24) is 4.90 Å². The summed E-state index contributed by atoms with van der Waals surface area (Å²) in [7, 11) is 0. The van der Waals surface area contributed by atoms with E-state index in [4.69, 9.17) is 10.5 Å². The van der Waals surface area contributed by atoms with Crippen molar-refractivity contribution >= 4 is 11.6 Å². The number of rotatable bonds is 5. The van der Waals surface area contributed by atoms with Gasteiger partial charge in [0.05, 0.1) is 0 Å². The standard InChI is InChI=1S/C15H22N2O2/c1-2-17(13-5-3-4-6-13)15(18)11-19-14-9-7-12(16)8-10-14/h7-10,13H,2-6,11,16H2,1H3. The normalized spacial score (nSPS) is 15.4. The Morgan fingerprint density at radius 1 is 1.32 bits per heavy atom. The molecule has 0 heterocycles. The quantitative estimate of drug-likeness (QED) is 0.829. The molecule has 1 fully saturated rings. The van der Waals surface area contributed by atoms with Gasteiger partial charge in [-0.1, -0.05) is 12.8 Å². The number of nitrogens with zero attached hydrogens (tertiary/aromatic N) is 1. The molecule has 2 N–H and O–H groups in total. The van der Waals surface area contributed by atoms with E-state index >= 15 is 0 Å². The monoisotopic (exact) mass is 262 g/mol. The van der Waals surface area contributed by atoms with Crippen molar-refractivity contribution < 1.29 is 9.53 Å². The van der Waals surface area contributed by atoms with E-state index in [1.165, 1.54) is 12.8 Å². The van der Waals surface area contributed by atoms with Gasteiger partial charge in [-0.2, -0.15) is 0 Å². The van der Waals surface area contributed by atoms with Gasteiger partial charge in [0.15, 0.2) is 6.61 Å². The van der Waals surface area contributed by atoms with Gasteiger partial charge in [0.1, 0.15) is 5.75 Å². The fourth-order valence-electron chi connectivity index (χ4n) is 2.65. The molecular formula is C15H22N2O2. The first-order valence-corrected chi connectivity index (χ1v) is 6.98. The Bertz CT molecular complexity index is 411. The molecule has 1 saturated carbocycles. The molecule has 0 saturated heterocycles. The Morgan fingerprint density at radius 2 is 1.95 bits per heavy atom. The van der Waals surface area contributed by atoms with Gasteiger partial charge < -0.3 is 15.4 Å². The largest absolute Gasteiger partial charge is 0.484 e. The molecule has 0 spiro atoms. The molecule has 0 unspecified atom stereocenters. The summed E-state index contributed by atoms with van der Waals surface area (Å²) in [5, 5.41) is 0. The average Bonchev–Trinajstić information content (AvgIpc) is 2.93. The lowest BCUT2D eigenvalue weighted by Crippen LogP contribution is -2.41. The van der Waals surface area contributed by atoms with Crippen LogP contribution in [-0.4, -0.2) is 30.0 Å². The Labute approximate surface area is 114 Å². The van der Waals surface area contributed by atoms with Crippen molar-refractivity contribution in [3.8, 4) is 5.75 Å². The molecule has 1 aliphatic rings. The Balaban J connectivity index is 1.86. The Kier molecular flexibility index (Phi) is 4.66. The lowest BCUT2D eigenvalue weighted by molar-refractivity contribution is -0.135. The summed E-state index contributed by atoms with van der Waals surface area (Å²) in [6.07, 6.45) is 4.71. The number of anilines is 1. The van der Waals surface area contributed by atoms with E-state index in [-0.39, 0.29) is 12.5 Å². The van der Waals surface area contributed by atoms with Crippen molar-refractivity contribution in [3.63, 3.8) is 0 Å². The second-order valence-corrected chi connectivity index (χ2v) is 4.98. The molecule has 1 aliphatic carbocycles. The van der Waals surface area contributed by atoms with Crippen LogP contribution in [0.4, 0.5) is 5.69 Å². The Morgan fingerprint density at radius 3 is 2.53 bits per heavy atom. The summed E-state index contributed by atoms with van der Waals surface area (Å²) in [6, 6.07) is 7.53. The minimum Gasteiger partial charge on any atom is -0.484 e. The molecule has 0 aromatic heterocycles. The number of hydrogen-bond donors (Lipinski definition) is 1. The molecule has 0 atom stereocenters. The van der Waals surface area contributed by atoms with E-state index in [1.807, 2.05) is 11.8 Å². The maximum atomic E-state index is 12.2. The topological polar surface area (TPSA) is 55.6 Å². The SMILES string of the molecule is CCN(C(=O)COc1ccc(N)cc1)C1CCCC1. The van der Waals surface area contributed by atoms with E-state index in [0.29, 0.717) is 17.5 Å². The maximum Gasteiger partial charge on any atom is 0.260 e. The molecular weight excluding hydrogens is 240 g/mol. The number of hydrogen-bond acceptors (Lipinski definition) is 3. The maximum absolute atomic E-state index is 12.2. The molecule has 2 rings (SSSR count). The highest BCUT2D eigenvalue weighted by atomic mass is 16.5. The molecule has 19 heavy (non-hydrogen) atoms. The molecule has 1 aromatic carbocycles. The minimum absolute atomic E-state index is 0.0752.